The number of carbonyl (C=O) groups excluding carboxylic acids is 4. The highest BCUT2D eigenvalue weighted by molar-refractivity contribution is 7.46. The van der Waals surface area contributed by atoms with Crippen molar-refractivity contribution in [3.05, 3.63) is 24.3 Å². The van der Waals surface area contributed by atoms with Crippen molar-refractivity contribution in [1.29, 1.82) is 0 Å². The number of esters is 2. The van der Waals surface area contributed by atoms with Crippen LogP contribution >= 0.6 is 7.82 Å². The molecule has 0 aromatic carbocycles. The van der Waals surface area contributed by atoms with Gasteiger partial charge in [0.2, 0.25) is 0 Å². The summed E-state index contributed by atoms with van der Waals surface area (Å²) in [5.74, 6) is -1.13. The Labute approximate surface area is 264 Å². The van der Waals surface area contributed by atoms with Crippen LogP contribution < -0.4 is 0 Å². The molecule has 1 atom stereocenters. The average molecular weight is 645 g/mol. The van der Waals surface area contributed by atoms with Crippen molar-refractivity contribution in [1.82, 2.24) is 0 Å². The quantitative estimate of drug-likeness (QED) is 0.0192. The molecule has 0 fully saturated rings. The van der Waals surface area contributed by atoms with Crippen LogP contribution in [0.3, 0.4) is 0 Å². The molecular weight excluding hydrogens is 587 g/mol. The smallest absolute Gasteiger partial charge is 0.462 e. The monoisotopic (exact) mass is 644 g/mol. The number of hydrogen-bond acceptors (Lipinski definition) is 8. The maximum Gasteiger partial charge on any atom is 0.469 e. The molecule has 0 saturated carbocycles. The highest BCUT2D eigenvalue weighted by Crippen LogP contribution is 2.35. The van der Waals surface area contributed by atoms with Crippen molar-refractivity contribution in [3.8, 4) is 0 Å². The third-order valence-corrected chi connectivity index (χ3v) is 7.45. The van der Waals surface area contributed by atoms with E-state index >= 15 is 0 Å². The summed E-state index contributed by atoms with van der Waals surface area (Å²) in [6, 6.07) is 0. The van der Waals surface area contributed by atoms with Gasteiger partial charge in [-0.15, -0.1) is 0 Å². The van der Waals surface area contributed by atoms with Gasteiger partial charge in [0.25, 0.3) is 0 Å². The van der Waals surface area contributed by atoms with Gasteiger partial charge in [0.1, 0.15) is 12.9 Å². The largest absolute Gasteiger partial charge is 0.469 e. The van der Waals surface area contributed by atoms with Gasteiger partial charge in [0.05, 0.1) is 6.61 Å². The highest BCUT2D eigenvalue weighted by atomic mass is 31.2. The number of phosphoric ester groups is 1. The van der Waals surface area contributed by atoms with Gasteiger partial charge in [-0.25, -0.2) is 4.57 Å². The van der Waals surface area contributed by atoms with Crippen molar-refractivity contribution in [3.63, 3.8) is 0 Å². The molecule has 2 N–H and O–H groups in total. The van der Waals surface area contributed by atoms with Gasteiger partial charge in [0.15, 0.2) is 11.9 Å². The first-order valence-electron chi connectivity index (χ1n) is 16.5. The minimum atomic E-state index is -4.79. The van der Waals surface area contributed by atoms with Gasteiger partial charge in [0, 0.05) is 19.3 Å². The molecule has 44 heavy (non-hydrogen) atoms. The van der Waals surface area contributed by atoms with Crippen LogP contribution in [0.4, 0.5) is 0 Å². The van der Waals surface area contributed by atoms with E-state index in [1.54, 1.807) is 0 Å². The average Bonchev–Trinajstić information content (AvgIpc) is 2.98. The number of ether oxygens (including phenoxy) is 2. The number of aldehydes is 1. The Morgan fingerprint density at radius 1 is 0.682 bits per heavy atom. The van der Waals surface area contributed by atoms with Crippen LogP contribution in [0.2, 0.25) is 0 Å². The van der Waals surface area contributed by atoms with E-state index in [-0.39, 0.29) is 25.2 Å². The normalized spacial score (nSPS) is 12.5. The molecule has 0 aromatic rings. The second-order valence-electron chi connectivity index (χ2n) is 11.1. The van der Waals surface area contributed by atoms with Crippen LogP contribution in [-0.2, 0) is 37.7 Å². The Bertz CT molecular complexity index is 865. The zero-order chi connectivity index (χ0) is 32.7. The van der Waals surface area contributed by atoms with Gasteiger partial charge >= 0.3 is 19.8 Å². The second-order valence-corrected chi connectivity index (χ2v) is 12.4. The van der Waals surface area contributed by atoms with Crippen LogP contribution in [-0.4, -0.2) is 53.1 Å². The first-order valence-corrected chi connectivity index (χ1v) is 18.1. The van der Waals surface area contributed by atoms with Crippen LogP contribution in [0.1, 0.15) is 142 Å². The molecule has 11 heteroatoms. The fraction of sp³-hybridized carbons (Fsp3) is 0.758. The Kier molecular flexibility index (Phi) is 28.1. The van der Waals surface area contributed by atoms with Gasteiger partial charge in [-0.2, -0.15) is 0 Å². The third kappa shape index (κ3) is 31.3. The fourth-order valence-corrected chi connectivity index (χ4v) is 4.83. The molecule has 0 bridgehead atoms. The van der Waals surface area contributed by atoms with Crippen LogP contribution in [0.25, 0.3) is 0 Å². The lowest BCUT2D eigenvalue weighted by molar-refractivity contribution is -0.161. The highest BCUT2D eigenvalue weighted by Gasteiger charge is 2.22. The lowest BCUT2D eigenvalue weighted by Crippen LogP contribution is -2.29. The Morgan fingerprint density at radius 3 is 1.73 bits per heavy atom. The Morgan fingerprint density at radius 2 is 1.18 bits per heavy atom. The minimum Gasteiger partial charge on any atom is -0.462 e. The first kappa shape index (κ1) is 41.9. The zero-order valence-corrected chi connectivity index (χ0v) is 27.7. The maximum absolute atomic E-state index is 12.2. The number of phosphoric acid groups is 1. The fourth-order valence-electron chi connectivity index (χ4n) is 4.47. The minimum absolute atomic E-state index is 0.0935. The van der Waals surface area contributed by atoms with Crippen molar-refractivity contribution in [2.45, 2.75) is 148 Å². The van der Waals surface area contributed by atoms with Gasteiger partial charge in [-0.1, -0.05) is 89.7 Å². The SMILES string of the molecule is CCCCCCCC/C=C\CCCCCCCC(=O)OC[C@H](COP(=O)(O)O)OC(=O)CCCCCCCC(=O)/C=C/C=O. The zero-order valence-electron chi connectivity index (χ0n) is 26.8. The Hall–Kier alpha value is -2.13. The summed E-state index contributed by atoms with van der Waals surface area (Å²) in [5.41, 5.74) is 0. The molecule has 0 aliphatic heterocycles. The topological polar surface area (TPSA) is 154 Å². The standard InChI is InChI=1S/C33H57O10P/c1-2-3-4-5-6-7-8-9-10-11-12-13-14-17-20-25-32(36)41-28-31(29-42-44(38,39)40)43-33(37)26-21-18-15-16-19-23-30(35)24-22-27-34/h9-10,22,24,27,31H,2-8,11-21,23,25-26,28-29H2,1H3,(H2,38,39,40)/b10-9-,24-22+/t31-/m1/s1. The summed E-state index contributed by atoms with van der Waals surface area (Å²) in [6.07, 6.45) is 25.7. The molecule has 0 amide bonds. The van der Waals surface area contributed by atoms with Crippen molar-refractivity contribution >= 4 is 31.8 Å². The Balaban J connectivity index is 4.05. The van der Waals surface area contributed by atoms with Gasteiger partial charge < -0.3 is 19.3 Å². The molecule has 254 valence electrons. The van der Waals surface area contributed by atoms with E-state index in [0.717, 1.165) is 57.8 Å². The molecule has 0 heterocycles. The number of ketones is 1. The number of unbranched alkanes of at least 4 members (excludes halogenated alkanes) is 15. The van der Waals surface area contributed by atoms with Gasteiger partial charge in [-0.3, -0.25) is 23.7 Å². The van der Waals surface area contributed by atoms with Crippen molar-refractivity contribution < 1.29 is 47.5 Å². The maximum atomic E-state index is 12.2. The van der Waals surface area contributed by atoms with Crippen LogP contribution in [0.15, 0.2) is 24.3 Å². The molecule has 0 aliphatic rings. The van der Waals surface area contributed by atoms with E-state index in [1.807, 2.05) is 0 Å². The van der Waals surface area contributed by atoms with E-state index in [9.17, 15) is 23.7 Å². The molecular formula is C33H57O10P. The summed E-state index contributed by atoms with van der Waals surface area (Å²) in [7, 11) is -4.79. The molecule has 0 rings (SSSR count). The summed E-state index contributed by atoms with van der Waals surface area (Å²) >= 11 is 0. The molecule has 0 unspecified atom stereocenters. The lowest BCUT2D eigenvalue weighted by atomic mass is 10.1. The van der Waals surface area contributed by atoms with E-state index in [0.29, 0.717) is 32.0 Å². The summed E-state index contributed by atoms with van der Waals surface area (Å²) < 4.78 is 26.0. The molecule has 0 aromatic heterocycles. The van der Waals surface area contributed by atoms with E-state index in [1.165, 1.54) is 50.7 Å². The lowest BCUT2D eigenvalue weighted by Gasteiger charge is -2.18. The molecule has 0 radical (unpaired) electrons. The third-order valence-electron chi connectivity index (χ3n) is 6.96. The molecule has 0 spiro atoms. The number of rotatable bonds is 31. The number of hydrogen-bond donors (Lipinski definition) is 2. The predicted molar refractivity (Wildman–Crippen MR) is 171 cm³/mol. The molecule has 0 saturated heterocycles. The van der Waals surface area contributed by atoms with E-state index in [4.69, 9.17) is 19.3 Å². The molecule has 0 aliphatic carbocycles. The van der Waals surface area contributed by atoms with Crippen LogP contribution in [0.5, 0.6) is 0 Å². The van der Waals surface area contributed by atoms with Gasteiger partial charge in [-0.05, 0) is 57.1 Å². The second kappa shape index (κ2) is 29.6. The summed E-state index contributed by atoms with van der Waals surface area (Å²) in [4.78, 5) is 64.1. The number of allylic oxidation sites excluding steroid dienone is 4. The van der Waals surface area contributed by atoms with Crippen molar-refractivity contribution in [2.75, 3.05) is 13.2 Å². The molecule has 10 nitrogen and oxygen atoms in total. The van der Waals surface area contributed by atoms with E-state index in [2.05, 4.69) is 23.6 Å². The summed E-state index contributed by atoms with van der Waals surface area (Å²) in [6.45, 7) is 1.29. The number of carbonyl (C=O) groups is 4. The predicted octanol–water partition coefficient (Wildman–Crippen LogP) is 7.64. The summed E-state index contributed by atoms with van der Waals surface area (Å²) in [5, 5.41) is 0. The first-order chi connectivity index (χ1) is 21.2. The van der Waals surface area contributed by atoms with E-state index < -0.39 is 32.5 Å². The van der Waals surface area contributed by atoms with Crippen LogP contribution in [0, 0.1) is 0 Å². The van der Waals surface area contributed by atoms with Crippen molar-refractivity contribution in [2.24, 2.45) is 0 Å².